The molecule has 27 nitrogen and oxygen atoms in total. The number of phenolic OH excluding ortho intramolecular Hbond substituents is 1. The Hall–Kier alpha value is -5.93. The van der Waals surface area contributed by atoms with Crippen molar-refractivity contribution in [2.24, 2.45) is 0 Å². The second kappa shape index (κ2) is 29.5. The summed E-state index contributed by atoms with van der Waals surface area (Å²) in [4.78, 5) is 121. The molecule has 0 spiro atoms. The molecule has 1 fully saturated rings. The first kappa shape index (κ1) is 62.6. The zero-order chi connectivity index (χ0) is 55.1. The number of aromatic hydroxyl groups is 3. The van der Waals surface area contributed by atoms with Crippen LogP contribution in [0.2, 0.25) is 0 Å². The number of esters is 1. The van der Waals surface area contributed by atoms with E-state index in [0.717, 1.165) is 21.6 Å². The second-order valence-electron chi connectivity index (χ2n) is 16.9. The molecule has 0 radical (unpaired) electrons. The smallest absolute Gasteiger partial charge is 0.548 e. The van der Waals surface area contributed by atoms with Crippen LogP contribution in [-0.2, 0) is 61.8 Å². The van der Waals surface area contributed by atoms with Crippen molar-refractivity contribution in [2.75, 3.05) is 43.2 Å². The minimum absolute atomic E-state index is 0. The number of amides is 6. The third-order valence-electron chi connectivity index (χ3n) is 11.0. The molecule has 5 rings (SSSR count). The maximum absolute atomic E-state index is 14.7. The zero-order valence-electron chi connectivity index (χ0n) is 40.5. The van der Waals surface area contributed by atoms with Crippen molar-refractivity contribution in [3.63, 3.8) is 0 Å². The minimum Gasteiger partial charge on any atom is -0.548 e. The van der Waals surface area contributed by atoms with Crippen LogP contribution in [0.4, 0.5) is 0 Å². The van der Waals surface area contributed by atoms with Gasteiger partial charge in [-0.15, -0.1) is 0 Å². The summed E-state index contributed by atoms with van der Waals surface area (Å²) in [6.45, 7) is 1.70. The number of aliphatic hydroxyl groups excluding tert-OH is 2. The van der Waals surface area contributed by atoms with E-state index in [2.05, 4.69) is 57.2 Å². The van der Waals surface area contributed by atoms with Crippen LogP contribution in [0.5, 0.6) is 17.5 Å². The average molecular weight is 1200 g/mol. The number of carboxylic acid groups (broad SMARTS) is 1. The molecular weight excluding hydrogens is 1150 g/mol. The third kappa shape index (κ3) is 17.6. The van der Waals surface area contributed by atoms with Crippen molar-refractivity contribution < 1.29 is 90.8 Å². The van der Waals surface area contributed by atoms with Crippen molar-refractivity contribution in [3.05, 3.63) is 52.9 Å². The first-order valence-electron chi connectivity index (χ1n) is 22.8. The Morgan fingerprint density at radius 3 is 2.32 bits per heavy atom. The molecule has 14 N–H and O–H groups in total. The Morgan fingerprint density at radius 2 is 1.66 bits per heavy atom. The molecule has 2 aromatic heterocycles. The van der Waals surface area contributed by atoms with Crippen LogP contribution in [0.25, 0.3) is 0 Å². The molecule has 418 valence electrons. The predicted molar refractivity (Wildman–Crippen MR) is 277 cm³/mol. The molecule has 6 amide bonds. The fraction of sp³-hybridized carbons (Fsp3) is 0.488. The molecule has 4 heterocycles. The molecule has 33 heteroatoms. The predicted octanol–water partition coefficient (Wildman–Crippen LogP) is -3.42. The molecule has 1 saturated heterocycles. The number of nitrogens with zero attached hydrogens (tertiary/aromatic N) is 3. The summed E-state index contributed by atoms with van der Waals surface area (Å²) in [7, 11) is 1.72. The standard InChI is InChI=1S/C43H56N12O15S5.Cu/c1-18(2)70-43(69)31-51-28(35(62)53-31)39(71)44-14-27(58)45-23(15-56)32(59)48-24-16-74-75-17-25(33(60)46-21(42(67)68)10-12-73-3)49-37(64)38(65)54-40(72)29-36(63)52-30(50-29)26-5-4-11-55(26)41(66)22(47-34(24)61)13-19-6-8-20(57)9-7-19;/h6-9,18,21-26,38,56-57,62-63,65H,4-5,10-17H2,1-3H3,(H,44,71)(H,45,58)(H,46,60)(H,47,61)(H,48,59)(H,49,64)(H,50,52)(H,51,53)(H,54,72)(H,67,68);/q;+1/p-1. The van der Waals surface area contributed by atoms with E-state index in [1.165, 1.54) is 40.9 Å². The van der Waals surface area contributed by atoms with Crippen LogP contribution < -0.4 is 42.3 Å². The van der Waals surface area contributed by atoms with E-state index in [1.807, 2.05) is 0 Å². The van der Waals surface area contributed by atoms with Gasteiger partial charge in [0.25, 0.3) is 5.91 Å². The maximum Gasteiger partial charge on any atom is 1.00 e. The van der Waals surface area contributed by atoms with Gasteiger partial charge in [-0.3, -0.25) is 28.8 Å². The summed E-state index contributed by atoms with van der Waals surface area (Å²) in [6.07, 6.45) is -0.401. The number of H-pyrrole nitrogens is 2. The fourth-order valence-corrected chi connectivity index (χ4v) is 10.5. The summed E-state index contributed by atoms with van der Waals surface area (Å²) in [5.74, 6) is -10.5. The molecule has 7 unspecified atom stereocenters. The molecule has 3 aromatic rings. The van der Waals surface area contributed by atoms with Crippen LogP contribution in [0.1, 0.15) is 72.5 Å². The topological polar surface area (TPSA) is 415 Å². The zero-order valence-corrected chi connectivity index (χ0v) is 45.5. The first-order valence-corrected chi connectivity index (χ1v) is 27.5. The molecule has 0 saturated carbocycles. The van der Waals surface area contributed by atoms with Crippen LogP contribution in [0.15, 0.2) is 24.3 Å². The van der Waals surface area contributed by atoms with Gasteiger partial charge in [-0.1, -0.05) is 58.2 Å². The van der Waals surface area contributed by atoms with E-state index in [9.17, 15) is 69.0 Å². The number of thioether (sulfide) groups is 1. The van der Waals surface area contributed by atoms with E-state index < -0.39 is 121 Å². The Labute approximate surface area is 467 Å². The number of nitrogens with one attached hydrogen (secondary N) is 9. The van der Waals surface area contributed by atoms with Crippen LogP contribution in [0.3, 0.4) is 0 Å². The van der Waals surface area contributed by atoms with Crippen LogP contribution >= 0.6 is 57.8 Å². The largest absolute Gasteiger partial charge is 1.00 e. The number of aliphatic carboxylic acids is 1. The number of ether oxygens (including phenoxy) is 1. The summed E-state index contributed by atoms with van der Waals surface area (Å²) in [5, 5.41) is 81.4. The van der Waals surface area contributed by atoms with Gasteiger partial charge in [0.05, 0.1) is 37.3 Å². The van der Waals surface area contributed by atoms with Gasteiger partial charge < -0.3 is 92.3 Å². The quantitative estimate of drug-likeness (QED) is 0.0271. The van der Waals surface area contributed by atoms with E-state index in [4.69, 9.17) is 29.2 Å². The van der Waals surface area contributed by atoms with Gasteiger partial charge in [0, 0.05) is 24.5 Å². The number of hydrogen-bond donors (Lipinski definition) is 14. The van der Waals surface area contributed by atoms with Crippen molar-refractivity contribution in [1.82, 2.24) is 62.1 Å². The van der Waals surface area contributed by atoms with Crippen molar-refractivity contribution in [1.29, 1.82) is 0 Å². The van der Waals surface area contributed by atoms with Crippen LogP contribution in [-0.4, -0.2) is 193 Å². The molecule has 76 heavy (non-hydrogen) atoms. The number of aromatic nitrogens is 4. The van der Waals surface area contributed by atoms with Crippen molar-refractivity contribution in [3.8, 4) is 17.5 Å². The van der Waals surface area contributed by atoms with Gasteiger partial charge in [0.2, 0.25) is 53.3 Å². The number of rotatable bonds is 17. The van der Waals surface area contributed by atoms with Gasteiger partial charge >= 0.3 is 23.0 Å². The van der Waals surface area contributed by atoms with Crippen LogP contribution in [0, 0.1) is 0 Å². The Kier molecular flexibility index (Phi) is 24.3. The molecule has 2 bridgehead atoms. The number of hydrogen-bond acceptors (Lipinski definition) is 22. The normalized spacial score (nSPS) is 20.3. The Balaban J connectivity index is 0.0000125. The Bertz CT molecular complexity index is 2610. The maximum atomic E-state index is 14.7. The Morgan fingerprint density at radius 1 is 0.961 bits per heavy atom. The number of fused-ring (bicyclic) bond motifs is 4. The number of aromatic amines is 2. The van der Waals surface area contributed by atoms with Gasteiger partial charge in [0.1, 0.15) is 57.1 Å². The van der Waals surface area contributed by atoms with E-state index in [1.54, 1.807) is 20.1 Å². The monoisotopic (exact) mass is 1200 g/mol. The van der Waals surface area contributed by atoms with Crippen molar-refractivity contribution in [2.45, 2.75) is 88.1 Å². The van der Waals surface area contributed by atoms with Gasteiger partial charge in [-0.25, -0.2) is 4.79 Å². The SMILES string of the molecule is CSCCC(NC(=O)C1CSSCC(NC(=O)C(CO)NC(=O)CNC(=S)c2[nH]c(C(=O)OC(C)C)nc2O)C(=O)NC(Cc2ccc(O)cc2)C(=O)N2CCCC2c2nc(O)c([nH]2)C(=S)NC(O)C(=O)N1)C(=O)[O-].[Cu+]. The summed E-state index contributed by atoms with van der Waals surface area (Å²) in [6, 6.07) is -2.78. The average Bonchev–Trinajstić information content (AvgIpc) is 4.12. The number of phenols is 1. The molecular formula is C43H55CuN12O15S5. The van der Waals surface area contributed by atoms with E-state index >= 15 is 0 Å². The number of carbonyl (C=O) groups is 8. The molecule has 2 aliphatic rings. The number of aliphatic hydroxyl groups is 2. The summed E-state index contributed by atoms with van der Waals surface area (Å²) in [5.41, 5.74) is 0.0116. The van der Waals surface area contributed by atoms with Gasteiger partial charge in [-0.05, 0) is 62.8 Å². The molecule has 2 aliphatic heterocycles. The van der Waals surface area contributed by atoms with Crippen molar-refractivity contribution >= 4 is 115 Å². The number of imidazole rings is 2. The number of carbonyl (C=O) groups excluding carboxylic acids is 8. The van der Waals surface area contributed by atoms with E-state index in [-0.39, 0.29) is 86.7 Å². The van der Waals surface area contributed by atoms with Gasteiger partial charge in [-0.2, -0.15) is 21.7 Å². The summed E-state index contributed by atoms with van der Waals surface area (Å²) < 4.78 is 5.05. The minimum atomic E-state index is -2.16. The first-order chi connectivity index (χ1) is 35.6. The fourth-order valence-electron chi connectivity index (χ4n) is 7.27. The molecule has 7 atom stereocenters. The van der Waals surface area contributed by atoms with Gasteiger partial charge in [0.15, 0.2) is 0 Å². The molecule has 0 aliphatic carbocycles. The number of benzene rings is 1. The second-order valence-corrected chi connectivity index (χ2v) is 21.2. The number of carboxylic acids is 1. The molecule has 1 aromatic carbocycles. The third-order valence-corrected chi connectivity index (χ3v) is 14.7. The summed E-state index contributed by atoms with van der Waals surface area (Å²) >= 11 is 11.9. The number of thiocarbonyl (C=S) groups is 2. The van der Waals surface area contributed by atoms with E-state index in [0.29, 0.717) is 24.2 Å².